The summed E-state index contributed by atoms with van der Waals surface area (Å²) in [4.78, 5) is 0. The normalized spacial score (nSPS) is 37.4. The van der Waals surface area contributed by atoms with Gasteiger partial charge in [0, 0.05) is 0 Å². The summed E-state index contributed by atoms with van der Waals surface area (Å²) >= 11 is 0. The van der Waals surface area contributed by atoms with E-state index in [-0.39, 0.29) is 16.9 Å². The van der Waals surface area contributed by atoms with Gasteiger partial charge in [0.05, 0.1) is 11.7 Å². The number of fused-ring (bicyclic) bond motifs is 1. The second-order valence-electron chi connectivity index (χ2n) is 8.83. The third-order valence-electron chi connectivity index (χ3n) is 6.47. The fourth-order valence-electron chi connectivity index (χ4n) is 5.39. The number of hydrogen-bond donors (Lipinski definition) is 2. The molecule has 0 heterocycles. The van der Waals surface area contributed by atoms with Gasteiger partial charge in [0.2, 0.25) is 0 Å². The van der Waals surface area contributed by atoms with Crippen LogP contribution in [0.2, 0.25) is 0 Å². The molecule has 1 fully saturated rings. The van der Waals surface area contributed by atoms with Gasteiger partial charge in [-0.15, -0.1) is 6.58 Å². The number of allylic oxidation sites excluding steroid dienone is 1. The third-order valence-corrected chi connectivity index (χ3v) is 6.47. The van der Waals surface area contributed by atoms with Crippen molar-refractivity contribution in [3.8, 4) is 0 Å². The largest absolute Gasteiger partial charge is 0.392 e. The Balaban J connectivity index is 2.35. The molecule has 2 nitrogen and oxygen atoms in total. The van der Waals surface area contributed by atoms with Crippen LogP contribution in [0.5, 0.6) is 0 Å². The second-order valence-corrected chi connectivity index (χ2v) is 8.83. The van der Waals surface area contributed by atoms with E-state index in [1.807, 2.05) is 6.92 Å². The summed E-state index contributed by atoms with van der Waals surface area (Å²) < 4.78 is 0. The van der Waals surface area contributed by atoms with Crippen molar-refractivity contribution in [2.75, 3.05) is 0 Å². The van der Waals surface area contributed by atoms with Gasteiger partial charge in [-0.1, -0.05) is 44.4 Å². The molecule has 22 heavy (non-hydrogen) atoms. The first-order chi connectivity index (χ1) is 10.0. The molecule has 0 aromatic rings. The molecule has 0 bridgehead atoms. The number of aliphatic hydroxyl groups is 2. The summed E-state index contributed by atoms with van der Waals surface area (Å²) in [5, 5.41) is 21.1. The van der Waals surface area contributed by atoms with Gasteiger partial charge in [0.15, 0.2) is 0 Å². The van der Waals surface area contributed by atoms with Gasteiger partial charge in [0.1, 0.15) is 0 Å². The summed E-state index contributed by atoms with van der Waals surface area (Å²) in [6.07, 6.45) is 7.39. The molecule has 0 unspecified atom stereocenters. The number of rotatable bonds is 4. The lowest BCUT2D eigenvalue weighted by atomic mass is 9.49. The van der Waals surface area contributed by atoms with Crippen LogP contribution in [0.4, 0.5) is 0 Å². The van der Waals surface area contributed by atoms with Gasteiger partial charge >= 0.3 is 0 Å². The summed E-state index contributed by atoms with van der Waals surface area (Å²) in [5.74, 6) is 0.320. The first-order valence-electron chi connectivity index (χ1n) is 8.77. The molecule has 0 saturated heterocycles. The van der Waals surface area contributed by atoms with E-state index < -0.39 is 5.60 Å². The number of hydrogen-bond acceptors (Lipinski definition) is 2. The monoisotopic (exact) mass is 306 g/mol. The van der Waals surface area contributed by atoms with Crippen LogP contribution in [0.25, 0.3) is 0 Å². The van der Waals surface area contributed by atoms with E-state index in [1.54, 1.807) is 6.08 Å². The molecule has 2 heteroatoms. The Bertz CT molecular complexity index is 472. The Morgan fingerprint density at radius 3 is 2.55 bits per heavy atom. The van der Waals surface area contributed by atoms with Crippen LogP contribution in [-0.2, 0) is 0 Å². The molecule has 0 spiro atoms. The van der Waals surface area contributed by atoms with Crippen molar-refractivity contribution in [1.82, 2.24) is 0 Å². The minimum absolute atomic E-state index is 0.0702. The summed E-state index contributed by atoms with van der Waals surface area (Å²) in [6.45, 7) is 14.7. The smallest absolute Gasteiger partial charge is 0.0800 e. The SMILES string of the molecule is C=C[C@@](C)(O)CCC1=C(C)C[C@@H](O)[C@H]2C(C)(C)CCC[C@]12C. The van der Waals surface area contributed by atoms with Crippen molar-refractivity contribution in [2.45, 2.75) is 84.8 Å². The van der Waals surface area contributed by atoms with Crippen LogP contribution in [0.3, 0.4) is 0 Å². The quantitative estimate of drug-likeness (QED) is 0.744. The fraction of sp³-hybridized carbons (Fsp3) is 0.800. The molecule has 0 aliphatic heterocycles. The van der Waals surface area contributed by atoms with Crippen molar-refractivity contribution < 1.29 is 10.2 Å². The van der Waals surface area contributed by atoms with Crippen molar-refractivity contribution in [2.24, 2.45) is 16.7 Å². The molecule has 0 amide bonds. The minimum Gasteiger partial charge on any atom is -0.392 e. The van der Waals surface area contributed by atoms with E-state index in [1.165, 1.54) is 24.0 Å². The standard InChI is InChI=1S/C20H34O2/c1-7-19(5,22)12-9-15-14(2)13-16(21)17-18(3,4)10-8-11-20(15,17)6/h7,16-17,21-22H,1,8-13H2,2-6H3/t16-,17+,19-,20-/m1/s1. The molecule has 0 aromatic carbocycles. The van der Waals surface area contributed by atoms with E-state index in [0.717, 1.165) is 19.3 Å². The molecule has 1 saturated carbocycles. The maximum absolute atomic E-state index is 10.8. The molecule has 2 rings (SSSR count). The molecule has 2 N–H and O–H groups in total. The summed E-state index contributed by atoms with van der Waals surface area (Å²) in [5.41, 5.74) is 2.26. The van der Waals surface area contributed by atoms with Crippen LogP contribution in [0.15, 0.2) is 23.8 Å². The first-order valence-corrected chi connectivity index (χ1v) is 8.77. The van der Waals surface area contributed by atoms with Crippen LogP contribution < -0.4 is 0 Å². The summed E-state index contributed by atoms with van der Waals surface area (Å²) in [7, 11) is 0. The highest BCUT2D eigenvalue weighted by molar-refractivity contribution is 5.29. The highest BCUT2D eigenvalue weighted by atomic mass is 16.3. The zero-order valence-corrected chi connectivity index (χ0v) is 15.1. The Morgan fingerprint density at radius 1 is 1.32 bits per heavy atom. The van der Waals surface area contributed by atoms with Gasteiger partial charge in [-0.3, -0.25) is 0 Å². The highest BCUT2D eigenvalue weighted by Crippen LogP contribution is 2.60. The average Bonchev–Trinajstić information content (AvgIpc) is 2.36. The Hall–Kier alpha value is -0.600. The molecule has 0 radical (unpaired) electrons. The first kappa shape index (κ1) is 17.7. The van der Waals surface area contributed by atoms with Gasteiger partial charge in [-0.05, 0) is 62.7 Å². The van der Waals surface area contributed by atoms with E-state index in [9.17, 15) is 10.2 Å². The predicted octanol–water partition coefficient (Wildman–Crippen LogP) is 4.62. The minimum atomic E-state index is -0.806. The highest BCUT2D eigenvalue weighted by Gasteiger charge is 2.53. The molecule has 2 aliphatic carbocycles. The maximum atomic E-state index is 10.8. The predicted molar refractivity (Wildman–Crippen MR) is 92.6 cm³/mol. The molecule has 4 atom stereocenters. The molecular formula is C20H34O2. The lowest BCUT2D eigenvalue weighted by Crippen LogP contribution is -2.52. The Kier molecular flexibility index (Phi) is 4.68. The fourth-order valence-corrected chi connectivity index (χ4v) is 5.39. The molecule has 126 valence electrons. The van der Waals surface area contributed by atoms with Gasteiger partial charge in [-0.2, -0.15) is 0 Å². The molecular weight excluding hydrogens is 272 g/mol. The van der Waals surface area contributed by atoms with Gasteiger partial charge in [-0.25, -0.2) is 0 Å². The third kappa shape index (κ3) is 3.05. The zero-order valence-electron chi connectivity index (χ0n) is 15.1. The van der Waals surface area contributed by atoms with Crippen molar-refractivity contribution >= 4 is 0 Å². The number of aliphatic hydroxyl groups excluding tert-OH is 1. The lowest BCUT2D eigenvalue weighted by molar-refractivity contribution is -0.0746. The van der Waals surface area contributed by atoms with Crippen molar-refractivity contribution in [3.63, 3.8) is 0 Å². The van der Waals surface area contributed by atoms with E-state index in [4.69, 9.17) is 0 Å². The van der Waals surface area contributed by atoms with Crippen molar-refractivity contribution in [1.29, 1.82) is 0 Å². The Morgan fingerprint density at radius 2 is 1.95 bits per heavy atom. The van der Waals surface area contributed by atoms with Gasteiger partial charge in [0.25, 0.3) is 0 Å². The van der Waals surface area contributed by atoms with Crippen LogP contribution in [0.1, 0.15) is 73.1 Å². The molecule has 2 aliphatic rings. The maximum Gasteiger partial charge on any atom is 0.0800 e. The van der Waals surface area contributed by atoms with E-state index in [2.05, 4.69) is 34.3 Å². The van der Waals surface area contributed by atoms with Gasteiger partial charge < -0.3 is 10.2 Å². The molecule has 0 aromatic heterocycles. The van der Waals surface area contributed by atoms with Crippen LogP contribution in [0, 0.1) is 16.7 Å². The van der Waals surface area contributed by atoms with Crippen LogP contribution >= 0.6 is 0 Å². The lowest BCUT2D eigenvalue weighted by Gasteiger charge is -2.57. The van der Waals surface area contributed by atoms with E-state index >= 15 is 0 Å². The van der Waals surface area contributed by atoms with E-state index in [0.29, 0.717) is 12.3 Å². The second kappa shape index (κ2) is 5.79. The Labute approximate surface area is 136 Å². The summed E-state index contributed by atoms with van der Waals surface area (Å²) in [6, 6.07) is 0. The average molecular weight is 306 g/mol. The van der Waals surface area contributed by atoms with Crippen molar-refractivity contribution in [3.05, 3.63) is 23.8 Å². The van der Waals surface area contributed by atoms with Crippen LogP contribution in [-0.4, -0.2) is 21.9 Å². The zero-order chi connectivity index (χ0) is 16.8. The topological polar surface area (TPSA) is 40.5 Å².